The Hall–Kier alpha value is -4.31. The Morgan fingerprint density at radius 2 is 0.914 bits per heavy atom. The van der Waals surface area contributed by atoms with E-state index in [1.807, 2.05) is 73.1 Å². The van der Waals surface area contributed by atoms with Crippen molar-refractivity contribution in [2.24, 2.45) is 0 Å². The van der Waals surface area contributed by atoms with Crippen molar-refractivity contribution >= 4 is 0 Å². The summed E-state index contributed by atoms with van der Waals surface area (Å²) in [7, 11) is 0. The van der Waals surface area contributed by atoms with Crippen LogP contribution in [0.15, 0.2) is 85.5 Å². The maximum atomic E-state index is 8.36. The Kier molecular flexibility index (Phi) is 15.1. The summed E-state index contributed by atoms with van der Waals surface area (Å²) in [5, 5.41) is 27.3. The van der Waals surface area contributed by atoms with Gasteiger partial charge in [0.05, 0.1) is 22.8 Å². The van der Waals surface area contributed by atoms with Crippen LogP contribution in [-0.2, 0) is 21.1 Å². The number of pyridine rings is 4. The van der Waals surface area contributed by atoms with Crippen molar-refractivity contribution in [2.75, 3.05) is 0 Å². The summed E-state index contributed by atoms with van der Waals surface area (Å²) < 4.78 is 0. The molecule has 0 unspecified atom stereocenters. The largest absolute Gasteiger partial charge is 2.00 e. The minimum atomic E-state index is -1.50. The SMILES string of the molecule is Cc1ccnc(-c2cc(C)ccn2)c1.O=[N+]([O-])O.O=[N+]([O-])O.[Pt+2].c1ccc(-c2ccccn2)nc1. The zero-order valence-electron chi connectivity index (χ0n) is 18.6. The van der Waals surface area contributed by atoms with Gasteiger partial charge in [0.15, 0.2) is 0 Å². The molecule has 13 heteroatoms. The Labute approximate surface area is 214 Å². The van der Waals surface area contributed by atoms with Crippen LogP contribution in [0.1, 0.15) is 11.1 Å². The third-order valence-corrected chi connectivity index (χ3v) is 3.69. The van der Waals surface area contributed by atoms with Crippen LogP contribution in [0.25, 0.3) is 22.8 Å². The van der Waals surface area contributed by atoms with Gasteiger partial charge in [0.25, 0.3) is 10.2 Å². The molecule has 0 radical (unpaired) electrons. The summed E-state index contributed by atoms with van der Waals surface area (Å²) in [5.74, 6) is 0. The molecule has 0 aliphatic rings. The van der Waals surface area contributed by atoms with E-state index in [4.69, 9.17) is 30.6 Å². The van der Waals surface area contributed by atoms with Crippen LogP contribution in [0.2, 0.25) is 0 Å². The molecule has 0 spiro atoms. The summed E-state index contributed by atoms with van der Waals surface area (Å²) in [6, 6.07) is 19.7. The van der Waals surface area contributed by atoms with Crippen molar-refractivity contribution in [3.63, 3.8) is 0 Å². The van der Waals surface area contributed by atoms with E-state index >= 15 is 0 Å². The monoisotopic (exact) mass is 661 g/mol. The second-order valence-electron chi connectivity index (χ2n) is 6.34. The predicted octanol–water partition coefficient (Wildman–Crippen LogP) is 4.21. The molecule has 4 heterocycles. The molecule has 4 aromatic rings. The zero-order valence-corrected chi connectivity index (χ0v) is 20.9. The summed E-state index contributed by atoms with van der Waals surface area (Å²) in [6.07, 6.45) is 7.16. The first kappa shape index (κ1) is 30.7. The van der Waals surface area contributed by atoms with Crippen LogP contribution in [-0.4, -0.2) is 40.5 Å². The molecule has 184 valence electrons. The first-order valence-electron chi connectivity index (χ1n) is 9.53. The van der Waals surface area contributed by atoms with Crippen LogP contribution >= 0.6 is 0 Å². The average Bonchev–Trinajstić information content (AvgIpc) is 2.80. The van der Waals surface area contributed by atoms with Gasteiger partial charge < -0.3 is 10.4 Å². The second-order valence-corrected chi connectivity index (χ2v) is 6.34. The molecule has 0 saturated heterocycles. The topological polar surface area (TPSA) is 178 Å². The third kappa shape index (κ3) is 14.4. The van der Waals surface area contributed by atoms with E-state index in [-0.39, 0.29) is 21.1 Å². The molecule has 2 N–H and O–H groups in total. The molecule has 0 atom stereocenters. The molecule has 0 aliphatic carbocycles. The number of aryl methyl sites for hydroxylation is 2. The van der Waals surface area contributed by atoms with E-state index in [1.165, 1.54) is 11.1 Å². The smallest absolute Gasteiger partial charge is 0.328 e. The van der Waals surface area contributed by atoms with Gasteiger partial charge in [-0.1, -0.05) is 12.1 Å². The van der Waals surface area contributed by atoms with Crippen LogP contribution in [0.4, 0.5) is 0 Å². The van der Waals surface area contributed by atoms with Crippen LogP contribution in [0.5, 0.6) is 0 Å². The first-order chi connectivity index (χ1) is 16.2. The number of rotatable bonds is 2. The summed E-state index contributed by atoms with van der Waals surface area (Å²) in [4.78, 5) is 33.7. The van der Waals surface area contributed by atoms with Gasteiger partial charge in [0, 0.05) is 24.8 Å². The van der Waals surface area contributed by atoms with Gasteiger partial charge in [0.2, 0.25) is 0 Å². The second kappa shape index (κ2) is 17.2. The molecular formula is C22H22N6O6Pt+2. The van der Waals surface area contributed by atoms with E-state index in [0.717, 1.165) is 22.8 Å². The molecule has 0 aromatic carbocycles. The Morgan fingerprint density at radius 1 is 0.600 bits per heavy atom. The maximum Gasteiger partial charge on any atom is 2.00 e. The van der Waals surface area contributed by atoms with Gasteiger partial charge in [-0.05, 0) is 73.5 Å². The van der Waals surface area contributed by atoms with Gasteiger partial charge in [-0.15, -0.1) is 20.2 Å². The maximum absolute atomic E-state index is 8.36. The van der Waals surface area contributed by atoms with Crippen molar-refractivity contribution in [3.05, 3.63) is 117 Å². The van der Waals surface area contributed by atoms with Gasteiger partial charge in [-0.2, -0.15) is 0 Å². The number of hydrogen-bond acceptors (Lipinski definition) is 8. The number of hydrogen-bond donors (Lipinski definition) is 2. The van der Waals surface area contributed by atoms with Crippen LogP contribution in [0.3, 0.4) is 0 Å². The molecule has 35 heavy (non-hydrogen) atoms. The Balaban J connectivity index is 0.000000501. The van der Waals surface area contributed by atoms with Crippen molar-refractivity contribution < 1.29 is 41.7 Å². The van der Waals surface area contributed by atoms with E-state index in [9.17, 15) is 0 Å². The van der Waals surface area contributed by atoms with Crippen LogP contribution in [0, 0.1) is 34.1 Å². The minimum Gasteiger partial charge on any atom is -0.328 e. The average molecular weight is 662 g/mol. The van der Waals surface area contributed by atoms with E-state index in [2.05, 4.69) is 33.8 Å². The Morgan fingerprint density at radius 3 is 1.17 bits per heavy atom. The molecule has 12 nitrogen and oxygen atoms in total. The molecule has 4 rings (SSSR count). The van der Waals surface area contributed by atoms with Crippen molar-refractivity contribution in [1.29, 1.82) is 0 Å². The first-order valence-corrected chi connectivity index (χ1v) is 9.53. The zero-order chi connectivity index (χ0) is 25.3. The van der Waals surface area contributed by atoms with Crippen LogP contribution < -0.4 is 0 Å². The fourth-order valence-corrected chi connectivity index (χ4v) is 2.38. The Bertz CT molecular complexity index is 1070. The molecular weight excluding hydrogens is 639 g/mol. The van der Waals surface area contributed by atoms with Gasteiger partial charge in [-0.3, -0.25) is 19.9 Å². The summed E-state index contributed by atoms with van der Waals surface area (Å²) in [6.45, 7) is 4.11. The van der Waals surface area contributed by atoms with Gasteiger partial charge >= 0.3 is 21.1 Å². The molecule has 0 bridgehead atoms. The standard InChI is InChI=1S/C12H12N2.C10H8N2.2HNO3.Pt/c1-9-3-5-13-11(7-9)12-8-10(2)4-6-14-12;1-3-7-11-9(5-1)10-6-2-4-8-12-10;2*2-1(3)4;/h3-8H,1-2H3;1-8H;2*(H,2,3,4);/q;;;;+2. The van der Waals surface area contributed by atoms with Crippen molar-refractivity contribution in [3.8, 4) is 22.8 Å². The number of aromatic nitrogens is 4. The van der Waals surface area contributed by atoms with Crippen molar-refractivity contribution in [2.45, 2.75) is 13.8 Å². The molecule has 4 aromatic heterocycles. The summed E-state index contributed by atoms with van der Waals surface area (Å²) >= 11 is 0. The molecule has 0 saturated carbocycles. The van der Waals surface area contributed by atoms with E-state index in [0.29, 0.717) is 0 Å². The van der Waals surface area contributed by atoms with Gasteiger partial charge in [0.1, 0.15) is 0 Å². The normalized spacial score (nSPS) is 8.74. The fourth-order valence-electron chi connectivity index (χ4n) is 2.38. The molecule has 0 amide bonds. The van der Waals surface area contributed by atoms with E-state index < -0.39 is 10.2 Å². The predicted molar refractivity (Wildman–Crippen MR) is 122 cm³/mol. The fraction of sp³-hybridized carbons (Fsp3) is 0.0909. The van der Waals surface area contributed by atoms with E-state index in [1.54, 1.807) is 12.4 Å². The molecule has 0 fully saturated rings. The third-order valence-electron chi connectivity index (χ3n) is 3.69. The van der Waals surface area contributed by atoms with Crippen molar-refractivity contribution in [1.82, 2.24) is 19.9 Å². The number of nitrogens with zero attached hydrogens (tertiary/aromatic N) is 6. The minimum absolute atomic E-state index is 0. The summed E-state index contributed by atoms with van der Waals surface area (Å²) in [5.41, 5.74) is 6.12. The van der Waals surface area contributed by atoms with Gasteiger partial charge in [-0.25, -0.2) is 0 Å². The molecule has 0 aliphatic heterocycles. The quantitative estimate of drug-likeness (QED) is 0.234.